The Balaban J connectivity index is 1.57. The Morgan fingerprint density at radius 2 is 1.89 bits per heavy atom. The predicted octanol–water partition coefficient (Wildman–Crippen LogP) is 1.65. The number of carbonyl (C=O) groups excluding carboxylic acids is 2. The fourth-order valence-corrected chi connectivity index (χ4v) is 5.78. The molecule has 38 heavy (non-hydrogen) atoms. The van der Waals surface area contributed by atoms with Crippen LogP contribution in [0.25, 0.3) is 0 Å². The van der Waals surface area contributed by atoms with Gasteiger partial charge in [0.2, 0.25) is 12.7 Å². The number of likely N-dealkylation sites (tertiary alicyclic amines) is 1. The Morgan fingerprint density at radius 1 is 1.13 bits per heavy atom. The lowest BCUT2D eigenvalue weighted by Crippen LogP contribution is -2.46. The zero-order valence-electron chi connectivity index (χ0n) is 22.4. The number of carbonyl (C=O) groups is 3. The Bertz CT molecular complexity index is 998. The van der Waals surface area contributed by atoms with E-state index in [0.717, 1.165) is 18.4 Å². The number of carboxylic acid groups (broad SMARTS) is 1. The summed E-state index contributed by atoms with van der Waals surface area (Å²) in [6.45, 7) is 5.47. The van der Waals surface area contributed by atoms with E-state index >= 15 is 0 Å². The molecule has 3 heterocycles. The topological polar surface area (TPSA) is 123 Å². The fraction of sp³-hybridized carbons (Fsp3) is 0.667. The number of hydrogen-bond acceptors (Lipinski definition) is 7. The van der Waals surface area contributed by atoms with Crippen LogP contribution in [-0.2, 0) is 9.59 Å². The lowest BCUT2D eigenvalue weighted by atomic mass is 9.84. The van der Waals surface area contributed by atoms with Crippen molar-refractivity contribution in [3.63, 3.8) is 0 Å². The van der Waals surface area contributed by atoms with Crippen molar-refractivity contribution >= 4 is 17.9 Å². The minimum Gasteiger partial charge on any atom is -0.481 e. The second kappa shape index (κ2) is 12.7. The van der Waals surface area contributed by atoms with Crippen LogP contribution in [0.5, 0.6) is 11.5 Å². The molecule has 0 radical (unpaired) electrons. The van der Waals surface area contributed by atoms with Crippen LogP contribution in [0, 0.1) is 5.92 Å². The van der Waals surface area contributed by atoms with E-state index in [4.69, 9.17) is 9.47 Å². The van der Waals surface area contributed by atoms with Crippen molar-refractivity contribution in [3.05, 3.63) is 23.8 Å². The number of unbranched alkanes of at least 4 members (excludes halogenated alkanes) is 1. The smallest absolute Gasteiger partial charge is 0.319 e. The maximum atomic E-state index is 13.4. The number of benzene rings is 1. The van der Waals surface area contributed by atoms with Crippen LogP contribution in [0.3, 0.4) is 0 Å². The molecule has 0 spiro atoms. The van der Waals surface area contributed by atoms with Crippen molar-refractivity contribution in [2.75, 3.05) is 66.3 Å². The normalized spacial score (nSPS) is 22.9. The van der Waals surface area contributed by atoms with Gasteiger partial charge in [0.1, 0.15) is 0 Å². The average Bonchev–Trinajstić information content (AvgIpc) is 3.60. The van der Waals surface area contributed by atoms with E-state index in [9.17, 15) is 24.6 Å². The molecule has 0 unspecified atom stereocenters. The van der Waals surface area contributed by atoms with Crippen LogP contribution < -0.4 is 9.47 Å². The fourth-order valence-electron chi connectivity index (χ4n) is 5.78. The first-order valence-electron chi connectivity index (χ1n) is 13.6. The van der Waals surface area contributed by atoms with E-state index in [0.29, 0.717) is 63.6 Å². The van der Waals surface area contributed by atoms with E-state index < -0.39 is 17.9 Å². The number of carboxylic acids is 1. The lowest BCUT2D eigenvalue weighted by molar-refractivity contribution is -0.144. The van der Waals surface area contributed by atoms with E-state index in [1.807, 2.05) is 17.0 Å². The highest BCUT2D eigenvalue weighted by atomic mass is 16.7. The summed E-state index contributed by atoms with van der Waals surface area (Å²) in [5.74, 6) is -0.851. The van der Waals surface area contributed by atoms with Gasteiger partial charge in [0.05, 0.1) is 12.5 Å². The molecule has 11 heteroatoms. The van der Waals surface area contributed by atoms with Crippen molar-refractivity contribution in [2.24, 2.45) is 5.92 Å². The summed E-state index contributed by atoms with van der Waals surface area (Å²) >= 11 is 0. The largest absolute Gasteiger partial charge is 0.481 e. The van der Waals surface area contributed by atoms with Gasteiger partial charge in [-0.25, -0.2) is 4.79 Å². The molecule has 2 N–H and O–H groups in total. The molecule has 1 aromatic rings. The highest BCUT2D eigenvalue weighted by Crippen LogP contribution is 2.42. The van der Waals surface area contributed by atoms with Gasteiger partial charge >= 0.3 is 12.0 Å². The van der Waals surface area contributed by atoms with Crippen molar-refractivity contribution in [1.82, 2.24) is 19.6 Å². The maximum Gasteiger partial charge on any atom is 0.319 e. The number of aliphatic hydroxyl groups excluding tert-OH is 1. The molecule has 0 saturated carbocycles. The van der Waals surface area contributed by atoms with E-state index in [-0.39, 0.29) is 37.8 Å². The summed E-state index contributed by atoms with van der Waals surface area (Å²) in [4.78, 5) is 45.8. The number of aliphatic carboxylic acids is 1. The highest BCUT2D eigenvalue weighted by Gasteiger charge is 2.47. The van der Waals surface area contributed by atoms with Gasteiger partial charge in [-0.2, -0.15) is 0 Å². The van der Waals surface area contributed by atoms with Crippen molar-refractivity contribution in [3.8, 4) is 11.5 Å². The van der Waals surface area contributed by atoms with Gasteiger partial charge in [-0.05, 0) is 37.0 Å². The van der Waals surface area contributed by atoms with Gasteiger partial charge in [-0.1, -0.05) is 19.4 Å². The first-order chi connectivity index (χ1) is 18.3. The van der Waals surface area contributed by atoms with Crippen molar-refractivity contribution in [2.45, 2.75) is 44.6 Å². The quantitative estimate of drug-likeness (QED) is 0.393. The number of hydrogen-bond donors (Lipinski definition) is 2. The molecule has 0 bridgehead atoms. The van der Waals surface area contributed by atoms with E-state index in [1.165, 1.54) is 0 Å². The minimum atomic E-state index is -0.916. The lowest BCUT2D eigenvalue weighted by Gasteiger charge is -2.30. The molecule has 3 amide bonds. The zero-order chi connectivity index (χ0) is 27.2. The average molecular weight is 533 g/mol. The third-order valence-electron chi connectivity index (χ3n) is 7.91. The number of ether oxygens (including phenoxy) is 2. The summed E-state index contributed by atoms with van der Waals surface area (Å²) in [5.41, 5.74) is 0.835. The number of nitrogens with zero attached hydrogens (tertiary/aromatic N) is 4. The molecule has 4 rings (SSSR count). The molecular weight excluding hydrogens is 492 g/mol. The van der Waals surface area contributed by atoms with Crippen LogP contribution >= 0.6 is 0 Å². The summed E-state index contributed by atoms with van der Waals surface area (Å²) in [7, 11) is 1.76. The number of aliphatic hydroxyl groups is 1. The highest BCUT2D eigenvalue weighted by molar-refractivity contribution is 5.79. The van der Waals surface area contributed by atoms with Crippen LogP contribution in [0.15, 0.2) is 18.2 Å². The summed E-state index contributed by atoms with van der Waals surface area (Å²) in [6.07, 6.45) is 2.76. The number of likely N-dealkylation sites (N-methyl/N-ethyl adjacent to an activating group) is 1. The molecule has 1 aromatic carbocycles. The van der Waals surface area contributed by atoms with Gasteiger partial charge in [0, 0.05) is 64.9 Å². The number of amides is 3. The van der Waals surface area contributed by atoms with Gasteiger partial charge in [0.15, 0.2) is 11.5 Å². The Hall–Kier alpha value is -3.05. The SMILES string of the molecule is CCCCN(CCCO)C(=O)CN1C[C@H](c2ccc3c(c2)OCO3)[C@@H](C(=O)O)[C@@H]1CCN1CCN(C)C1=O. The van der Waals surface area contributed by atoms with Gasteiger partial charge in [-0.3, -0.25) is 14.5 Å². The number of fused-ring (bicyclic) bond motifs is 1. The standard InChI is InChI=1S/C27H40N4O7/c1-3-4-9-29(10-5-14-32)24(33)17-31-16-20(19-6-7-22-23(15-19)38-18-37-22)25(26(34)35)21(31)8-11-30-13-12-28(2)27(30)36/h6-7,15,20-21,25,32H,3-5,8-14,16-18H2,1-2H3,(H,34,35)/t20-,21+,25-/m1/s1. The minimum absolute atomic E-state index is 0.00777. The summed E-state index contributed by atoms with van der Waals surface area (Å²) in [5, 5.41) is 19.7. The van der Waals surface area contributed by atoms with Crippen LogP contribution in [0.1, 0.15) is 44.1 Å². The molecule has 11 nitrogen and oxygen atoms in total. The molecular formula is C27H40N4O7. The van der Waals surface area contributed by atoms with Crippen LogP contribution in [-0.4, -0.2) is 120 Å². The number of urea groups is 1. The maximum absolute atomic E-state index is 13.4. The molecule has 2 saturated heterocycles. The predicted molar refractivity (Wildman–Crippen MR) is 139 cm³/mol. The summed E-state index contributed by atoms with van der Waals surface area (Å²) in [6, 6.07) is 5.05. The van der Waals surface area contributed by atoms with Crippen molar-refractivity contribution < 1.29 is 34.1 Å². The van der Waals surface area contributed by atoms with Crippen LogP contribution in [0.2, 0.25) is 0 Å². The molecule has 210 valence electrons. The molecule has 3 aliphatic rings. The third kappa shape index (κ3) is 6.15. The molecule has 0 aliphatic carbocycles. The van der Waals surface area contributed by atoms with Crippen LogP contribution in [0.4, 0.5) is 4.79 Å². The molecule has 0 aromatic heterocycles. The third-order valence-corrected chi connectivity index (χ3v) is 7.91. The van der Waals surface area contributed by atoms with Gasteiger partial charge in [-0.15, -0.1) is 0 Å². The Kier molecular flexibility index (Phi) is 9.32. The Labute approximate surface area is 223 Å². The van der Waals surface area contributed by atoms with E-state index in [2.05, 4.69) is 6.92 Å². The second-order valence-electron chi connectivity index (χ2n) is 10.4. The number of rotatable bonds is 13. The summed E-state index contributed by atoms with van der Waals surface area (Å²) < 4.78 is 11.0. The monoisotopic (exact) mass is 532 g/mol. The second-order valence-corrected chi connectivity index (χ2v) is 10.4. The van der Waals surface area contributed by atoms with E-state index in [1.54, 1.807) is 27.8 Å². The van der Waals surface area contributed by atoms with Gasteiger partial charge in [0.25, 0.3) is 0 Å². The first kappa shape index (κ1) is 28.0. The molecule has 3 aliphatic heterocycles. The zero-order valence-corrected chi connectivity index (χ0v) is 22.4. The first-order valence-corrected chi connectivity index (χ1v) is 13.6. The van der Waals surface area contributed by atoms with Gasteiger partial charge < -0.3 is 34.4 Å². The molecule has 3 atom stereocenters. The van der Waals surface area contributed by atoms with Crippen molar-refractivity contribution in [1.29, 1.82) is 0 Å². The Morgan fingerprint density at radius 3 is 2.58 bits per heavy atom. The molecule has 2 fully saturated rings.